The minimum Gasteiger partial charge on any atom is -0.465 e. The van der Waals surface area contributed by atoms with Gasteiger partial charge >= 0.3 is 12.1 Å². The number of rotatable bonds is 7. The zero-order valence-corrected chi connectivity index (χ0v) is 10.5. The number of ether oxygens (including phenoxy) is 1. The molecule has 6 heteroatoms. The van der Waals surface area contributed by atoms with Crippen LogP contribution in [0.25, 0.3) is 0 Å². The molecule has 1 atom stereocenters. The molecule has 3 nitrogen and oxygen atoms in total. The van der Waals surface area contributed by atoms with Gasteiger partial charge in [-0.25, -0.2) is 0 Å². The molecule has 0 aliphatic rings. The molecule has 102 valence electrons. The minimum absolute atomic E-state index is 0.188. The summed E-state index contributed by atoms with van der Waals surface area (Å²) in [6, 6.07) is -0.581. The van der Waals surface area contributed by atoms with Crippen molar-refractivity contribution in [2.45, 2.75) is 45.3 Å². The number of likely N-dealkylation sites (N-methyl/N-ethyl adjacent to an activating group) is 1. The Morgan fingerprint density at radius 3 is 2.35 bits per heavy atom. The van der Waals surface area contributed by atoms with E-state index in [9.17, 15) is 18.0 Å². The van der Waals surface area contributed by atoms with E-state index in [1.165, 1.54) is 11.9 Å². The van der Waals surface area contributed by atoms with Crippen LogP contribution in [0.2, 0.25) is 0 Å². The molecule has 0 spiro atoms. The molecular weight excluding hydrogens is 235 g/mol. The Morgan fingerprint density at radius 2 is 1.94 bits per heavy atom. The van der Waals surface area contributed by atoms with E-state index in [4.69, 9.17) is 4.74 Å². The Labute approximate surface area is 99.9 Å². The summed E-state index contributed by atoms with van der Waals surface area (Å²) in [5.74, 6) is -0.445. The molecule has 0 saturated heterocycles. The van der Waals surface area contributed by atoms with Crippen LogP contribution in [0.15, 0.2) is 0 Å². The lowest BCUT2D eigenvalue weighted by atomic mass is 10.1. The number of hydrogen-bond acceptors (Lipinski definition) is 3. The van der Waals surface area contributed by atoms with Crippen LogP contribution >= 0.6 is 0 Å². The molecule has 0 fully saturated rings. The second kappa shape index (κ2) is 7.53. The van der Waals surface area contributed by atoms with Gasteiger partial charge in [0.25, 0.3) is 0 Å². The van der Waals surface area contributed by atoms with E-state index in [1.807, 2.05) is 6.92 Å². The van der Waals surface area contributed by atoms with Gasteiger partial charge < -0.3 is 4.74 Å². The summed E-state index contributed by atoms with van der Waals surface area (Å²) in [6.45, 7) is 3.61. The van der Waals surface area contributed by atoms with E-state index in [0.717, 1.165) is 6.42 Å². The maximum Gasteiger partial charge on any atom is 0.390 e. The number of hydrogen-bond donors (Lipinski definition) is 0. The summed E-state index contributed by atoms with van der Waals surface area (Å²) in [7, 11) is 1.52. The van der Waals surface area contributed by atoms with Gasteiger partial charge in [-0.3, -0.25) is 9.69 Å². The number of carbonyl (C=O) groups is 1. The zero-order chi connectivity index (χ0) is 13.5. The second-order valence-electron chi connectivity index (χ2n) is 3.90. The summed E-state index contributed by atoms with van der Waals surface area (Å²) in [5, 5.41) is 0. The van der Waals surface area contributed by atoms with Crippen LogP contribution in [0, 0.1) is 0 Å². The first-order chi connectivity index (χ1) is 7.81. The second-order valence-corrected chi connectivity index (χ2v) is 3.90. The van der Waals surface area contributed by atoms with Crippen LogP contribution in [-0.2, 0) is 9.53 Å². The van der Waals surface area contributed by atoms with Gasteiger partial charge in [-0.15, -0.1) is 0 Å². The van der Waals surface area contributed by atoms with Gasteiger partial charge in [0, 0.05) is 6.54 Å². The Kier molecular flexibility index (Phi) is 7.18. The van der Waals surface area contributed by atoms with Gasteiger partial charge in [-0.1, -0.05) is 13.3 Å². The van der Waals surface area contributed by atoms with Crippen molar-refractivity contribution < 1.29 is 22.7 Å². The average Bonchev–Trinajstić information content (AvgIpc) is 2.21. The summed E-state index contributed by atoms with van der Waals surface area (Å²) in [6.07, 6.45) is -3.88. The van der Waals surface area contributed by atoms with Crippen molar-refractivity contribution in [3.05, 3.63) is 0 Å². The maximum atomic E-state index is 12.1. The first-order valence-electron chi connectivity index (χ1n) is 5.75. The van der Waals surface area contributed by atoms with Crippen LogP contribution in [0.1, 0.15) is 33.1 Å². The Balaban J connectivity index is 4.33. The SMILES string of the molecule is CCCC(C(=O)OCC)N(C)CCC(F)(F)F. The van der Waals surface area contributed by atoms with Crippen LogP contribution in [-0.4, -0.2) is 43.3 Å². The lowest BCUT2D eigenvalue weighted by molar-refractivity contribution is -0.154. The van der Waals surface area contributed by atoms with Gasteiger partial charge in [0.2, 0.25) is 0 Å². The monoisotopic (exact) mass is 255 g/mol. The molecule has 0 amide bonds. The van der Waals surface area contributed by atoms with Crippen molar-refractivity contribution >= 4 is 5.97 Å². The van der Waals surface area contributed by atoms with E-state index in [-0.39, 0.29) is 13.2 Å². The van der Waals surface area contributed by atoms with Crippen LogP contribution < -0.4 is 0 Å². The highest BCUT2D eigenvalue weighted by Crippen LogP contribution is 2.20. The lowest BCUT2D eigenvalue weighted by Crippen LogP contribution is -2.41. The van der Waals surface area contributed by atoms with Crippen molar-refractivity contribution in [3.8, 4) is 0 Å². The van der Waals surface area contributed by atoms with E-state index in [0.29, 0.717) is 6.42 Å². The number of alkyl halides is 3. The summed E-state index contributed by atoms with van der Waals surface area (Å²) in [4.78, 5) is 13.0. The lowest BCUT2D eigenvalue weighted by Gasteiger charge is -2.26. The minimum atomic E-state index is -4.19. The Hall–Kier alpha value is -0.780. The van der Waals surface area contributed by atoms with Gasteiger partial charge in [0.05, 0.1) is 13.0 Å². The van der Waals surface area contributed by atoms with Crippen molar-refractivity contribution in [1.82, 2.24) is 4.90 Å². The largest absolute Gasteiger partial charge is 0.465 e. The van der Waals surface area contributed by atoms with Gasteiger partial charge in [0.15, 0.2) is 0 Å². The van der Waals surface area contributed by atoms with E-state index >= 15 is 0 Å². The van der Waals surface area contributed by atoms with Gasteiger partial charge in [-0.2, -0.15) is 13.2 Å². The first kappa shape index (κ1) is 16.2. The molecule has 0 heterocycles. The normalized spacial score (nSPS) is 13.8. The summed E-state index contributed by atoms with van der Waals surface area (Å²) < 4.78 is 41.1. The average molecular weight is 255 g/mol. The van der Waals surface area contributed by atoms with Gasteiger partial charge in [0.1, 0.15) is 6.04 Å². The first-order valence-corrected chi connectivity index (χ1v) is 5.75. The van der Waals surface area contributed by atoms with Crippen LogP contribution in [0.4, 0.5) is 13.2 Å². The quantitative estimate of drug-likeness (QED) is 0.655. The third-order valence-electron chi connectivity index (χ3n) is 2.40. The summed E-state index contributed by atoms with van der Waals surface area (Å²) in [5.41, 5.74) is 0. The predicted octanol–water partition coefficient (Wildman–Crippen LogP) is 2.60. The predicted molar refractivity (Wildman–Crippen MR) is 58.6 cm³/mol. The van der Waals surface area contributed by atoms with E-state index < -0.39 is 24.6 Å². The van der Waals surface area contributed by atoms with E-state index in [2.05, 4.69) is 0 Å². The van der Waals surface area contributed by atoms with Crippen molar-refractivity contribution in [1.29, 1.82) is 0 Å². The zero-order valence-electron chi connectivity index (χ0n) is 10.5. The van der Waals surface area contributed by atoms with E-state index in [1.54, 1.807) is 6.92 Å². The molecule has 0 saturated carbocycles. The maximum absolute atomic E-state index is 12.1. The third-order valence-corrected chi connectivity index (χ3v) is 2.40. The molecule has 0 N–H and O–H groups in total. The molecule has 0 aliphatic heterocycles. The fraction of sp³-hybridized carbons (Fsp3) is 0.909. The fourth-order valence-electron chi connectivity index (χ4n) is 1.49. The highest BCUT2D eigenvalue weighted by molar-refractivity contribution is 5.75. The number of nitrogens with zero attached hydrogens (tertiary/aromatic N) is 1. The molecule has 17 heavy (non-hydrogen) atoms. The molecule has 0 aromatic rings. The molecule has 0 rings (SSSR count). The van der Waals surface area contributed by atoms with Crippen molar-refractivity contribution in [2.75, 3.05) is 20.2 Å². The Bertz CT molecular complexity index is 231. The molecule has 0 radical (unpaired) electrons. The summed E-state index contributed by atoms with van der Waals surface area (Å²) >= 11 is 0. The number of esters is 1. The van der Waals surface area contributed by atoms with Crippen molar-refractivity contribution in [3.63, 3.8) is 0 Å². The van der Waals surface area contributed by atoms with Crippen molar-refractivity contribution in [2.24, 2.45) is 0 Å². The fourth-order valence-corrected chi connectivity index (χ4v) is 1.49. The Morgan fingerprint density at radius 1 is 1.35 bits per heavy atom. The van der Waals surface area contributed by atoms with Gasteiger partial charge in [-0.05, 0) is 20.4 Å². The smallest absolute Gasteiger partial charge is 0.390 e. The van der Waals surface area contributed by atoms with Crippen LogP contribution in [0.5, 0.6) is 0 Å². The highest BCUT2D eigenvalue weighted by atomic mass is 19.4. The molecule has 0 bridgehead atoms. The molecule has 0 aliphatic carbocycles. The molecule has 0 aromatic carbocycles. The number of halogens is 3. The molecular formula is C11H20F3NO2. The highest BCUT2D eigenvalue weighted by Gasteiger charge is 2.30. The molecule has 0 aromatic heterocycles. The molecule has 1 unspecified atom stereocenters. The topological polar surface area (TPSA) is 29.5 Å². The number of carbonyl (C=O) groups excluding carboxylic acids is 1. The van der Waals surface area contributed by atoms with Crippen LogP contribution in [0.3, 0.4) is 0 Å². The standard InChI is InChI=1S/C11H20F3NO2/c1-4-6-9(10(16)17-5-2)15(3)8-7-11(12,13)14/h9H,4-8H2,1-3H3. The third kappa shape index (κ3) is 7.20.